The fraction of sp³-hybridized carbons (Fsp3) is 0.412. The van der Waals surface area contributed by atoms with Crippen LogP contribution in [0.1, 0.15) is 25.0 Å². The highest BCUT2D eigenvalue weighted by atomic mass is 35.5. The van der Waals surface area contributed by atoms with Gasteiger partial charge >= 0.3 is 0 Å². The van der Waals surface area contributed by atoms with E-state index in [1.54, 1.807) is 4.90 Å². The number of hydrogen-bond donors (Lipinski definition) is 2. The zero-order valence-corrected chi connectivity index (χ0v) is 14.3. The van der Waals surface area contributed by atoms with Crippen LogP contribution in [0.25, 0.3) is 11.3 Å². The first-order valence-electron chi connectivity index (χ1n) is 7.74. The van der Waals surface area contributed by atoms with E-state index >= 15 is 0 Å². The average Bonchev–Trinajstić information content (AvgIpc) is 3.02. The predicted octanol–water partition coefficient (Wildman–Crippen LogP) is 2.63. The van der Waals surface area contributed by atoms with E-state index in [9.17, 15) is 4.79 Å². The van der Waals surface area contributed by atoms with Crippen molar-refractivity contribution in [3.8, 4) is 11.3 Å². The minimum absolute atomic E-state index is 0. The molecule has 0 aliphatic rings. The Hall–Kier alpha value is -1.85. The number of amides is 1. The van der Waals surface area contributed by atoms with Gasteiger partial charge in [0.1, 0.15) is 0 Å². The van der Waals surface area contributed by atoms with Crippen LogP contribution >= 0.6 is 12.4 Å². The van der Waals surface area contributed by atoms with Crippen LogP contribution in [0.4, 0.5) is 0 Å². The van der Waals surface area contributed by atoms with Gasteiger partial charge in [-0.2, -0.15) is 5.10 Å². The number of aromatic amines is 1. The molecule has 1 aromatic carbocycles. The summed E-state index contributed by atoms with van der Waals surface area (Å²) < 4.78 is 0. The van der Waals surface area contributed by atoms with Gasteiger partial charge in [-0.05, 0) is 31.9 Å². The number of nitrogens with zero attached hydrogens (tertiary/aromatic N) is 2. The highest BCUT2D eigenvalue weighted by molar-refractivity contribution is 5.85. The summed E-state index contributed by atoms with van der Waals surface area (Å²) in [6.07, 6.45) is 3.09. The number of hydrogen-bond acceptors (Lipinski definition) is 3. The molecule has 0 bridgehead atoms. The summed E-state index contributed by atoms with van der Waals surface area (Å²) in [5.74, 6) is 0.167. The van der Waals surface area contributed by atoms with Gasteiger partial charge in [-0.15, -0.1) is 12.4 Å². The minimum atomic E-state index is 0. The zero-order valence-electron chi connectivity index (χ0n) is 13.5. The second-order valence-electron chi connectivity index (χ2n) is 5.46. The average molecular weight is 337 g/mol. The fourth-order valence-electron chi connectivity index (χ4n) is 2.32. The summed E-state index contributed by atoms with van der Waals surface area (Å²) in [6, 6.07) is 12.2. The standard InChI is InChI=1S/C17H24N4O.ClH/c1-21(17(22)10-5-11-18)12-6-9-15-13-16(20-19-15)14-7-3-2-4-8-14;/h2-4,7-8,13H,5-6,9-12,18H2,1H3,(H,19,20);1H. The quantitative estimate of drug-likeness (QED) is 0.778. The molecule has 0 unspecified atom stereocenters. The van der Waals surface area contributed by atoms with E-state index in [4.69, 9.17) is 5.73 Å². The highest BCUT2D eigenvalue weighted by Crippen LogP contribution is 2.17. The number of rotatable bonds is 8. The molecule has 0 spiro atoms. The van der Waals surface area contributed by atoms with Crippen LogP contribution < -0.4 is 5.73 Å². The lowest BCUT2D eigenvalue weighted by Crippen LogP contribution is -2.28. The van der Waals surface area contributed by atoms with Crippen LogP contribution in [0.15, 0.2) is 36.4 Å². The second kappa shape index (κ2) is 10.0. The zero-order chi connectivity index (χ0) is 15.8. The molecule has 23 heavy (non-hydrogen) atoms. The van der Waals surface area contributed by atoms with Gasteiger partial charge in [0.05, 0.1) is 5.69 Å². The molecule has 0 aliphatic heterocycles. The maximum Gasteiger partial charge on any atom is 0.222 e. The Morgan fingerprint density at radius 2 is 2.00 bits per heavy atom. The first kappa shape index (κ1) is 19.2. The number of H-pyrrole nitrogens is 1. The van der Waals surface area contributed by atoms with Crippen LogP contribution in [0.3, 0.4) is 0 Å². The third-order valence-electron chi connectivity index (χ3n) is 3.66. The molecule has 0 saturated heterocycles. The van der Waals surface area contributed by atoms with Crippen molar-refractivity contribution in [3.63, 3.8) is 0 Å². The molecule has 0 radical (unpaired) electrons. The molecule has 1 aromatic heterocycles. The molecular formula is C17H25ClN4O. The smallest absolute Gasteiger partial charge is 0.222 e. The van der Waals surface area contributed by atoms with E-state index in [1.807, 2.05) is 37.4 Å². The van der Waals surface area contributed by atoms with Crippen molar-refractivity contribution in [1.82, 2.24) is 15.1 Å². The maximum absolute atomic E-state index is 11.8. The Morgan fingerprint density at radius 1 is 1.26 bits per heavy atom. The molecule has 126 valence electrons. The Bertz CT molecular complexity index is 585. The van der Waals surface area contributed by atoms with Gasteiger partial charge in [0, 0.05) is 31.3 Å². The topological polar surface area (TPSA) is 75.0 Å². The molecule has 1 amide bonds. The van der Waals surface area contributed by atoms with Crippen molar-refractivity contribution in [1.29, 1.82) is 0 Å². The number of aromatic nitrogens is 2. The first-order chi connectivity index (χ1) is 10.7. The number of aryl methyl sites for hydroxylation is 1. The Kier molecular flexibility index (Phi) is 8.37. The van der Waals surface area contributed by atoms with Gasteiger partial charge in [-0.1, -0.05) is 30.3 Å². The Balaban J connectivity index is 0.00000264. The number of nitrogens with two attached hydrogens (primary N) is 1. The van der Waals surface area contributed by atoms with Crippen molar-refractivity contribution >= 4 is 18.3 Å². The monoisotopic (exact) mass is 336 g/mol. The summed E-state index contributed by atoms with van der Waals surface area (Å²) in [5.41, 5.74) is 8.59. The largest absolute Gasteiger partial charge is 0.346 e. The van der Waals surface area contributed by atoms with Gasteiger partial charge in [0.25, 0.3) is 0 Å². The Morgan fingerprint density at radius 3 is 2.70 bits per heavy atom. The lowest BCUT2D eigenvalue weighted by atomic mass is 10.1. The minimum Gasteiger partial charge on any atom is -0.346 e. The van der Waals surface area contributed by atoms with Crippen LogP contribution in [0, 0.1) is 0 Å². The van der Waals surface area contributed by atoms with E-state index in [1.165, 1.54) is 0 Å². The van der Waals surface area contributed by atoms with Gasteiger partial charge in [0.2, 0.25) is 5.91 Å². The summed E-state index contributed by atoms with van der Waals surface area (Å²) in [4.78, 5) is 13.6. The predicted molar refractivity (Wildman–Crippen MR) is 95.5 cm³/mol. The lowest BCUT2D eigenvalue weighted by Gasteiger charge is -2.16. The molecule has 3 N–H and O–H groups in total. The van der Waals surface area contributed by atoms with Crippen LogP contribution in [-0.2, 0) is 11.2 Å². The highest BCUT2D eigenvalue weighted by Gasteiger charge is 2.08. The third-order valence-corrected chi connectivity index (χ3v) is 3.66. The van der Waals surface area contributed by atoms with Crippen LogP contribution in [0.2, 0.25) is 0 Å². The van der Waals surface area contributed by atoms with E-state index in [0.717, 1.165) is 42.8 Å². The number of benzene rings is 1. The Labute approximate surface area is 143 Å². The summed E-state index contributed by atoms with van der Waals surface area (Å²) in [6.45, 7) is 1.32. The number of carbonyl (C=O) groups is 1. The summed E-state index contributed by atoms with van der Waals surface area (Å²) in [7, 11) is 1.85. The number of carbonyl (C=O) groups excluding carboxylic acids is 1. The van der Waals surface area contributed by atoms with Crippen molar-refractivity contribution in [2.75, 3.05) is 20.1 Å². The van der Waals surface area contributed by atoms with Crippen molar-refractivity contribution in [2.24, 2.45) is 5.73 Å². The molecule has 0 fully saturated rings. The van der Waals surface area contributed by atoms with E-state index in [0.29, 0.717) is 13.0 Å². The molecule has 6 heteroatoms. The van der Waals surface area contributed by atoms with E-state index in [-0.39, 0.29) is 18.3 Å². The van der Waals surface area contributed by atoms with Gasteiger partial charge in [-0.25, -0.2) is 0 Å². The van der Waals surface area contributed by atoms with Crippen LogP contribution in [0.5, 0.6) is 0 Å². The number of nitrogens with one attached hydrogen (secondary N) is 1. The molecule has 2 aromatic rings. The third kappa shape index (κ3) is 6.04. The molecular weight excluding hydrogens is 312 g/mol. The van der Waals surface area contributed by atoms with Gasteiger partial charge in [-0.3, -0.25) is 9.89 Å². The van der Waals surface area contributed by atoms with Gasteiger partial charge < -0.3 is 10.6 Å². The van der Waals surface area contributed by atoms with E-state index < -0.39 is 0 Å². The fourth-order valence-corrected chi connectivity index (χ4v) is 2.32. The summed E-state index contributed by atoms with van der Waals surface area (Å²) in [5, 5.41) is 7.41. The van der Waals surface area contributed by atoms with Crippen molar-refractivity contribution in [2.45, 2.75) is 25.7 Å². The molecule has 5 nitrogen and oxygen atoms in total. The maximum atomic E-state index is 11.8. The number of halogens is 1. The normalized spacial score (nSPS) is 10.2. The van der Waals surface area contributed by atoms with Crippen LogP contribution in [-0.4, -0.2) is 41.1 Å². The molecule has 0 aliphatic carbocycles. The molecule has 1 heterocycles. The second-order valence-corrected chi connectivity index (χ2v) is 5.46. The SMILES string of the molecule is CN(CCCc1cc(-c2ccccc2)n[nH]1)C(=O)CCCN.Cl. The molecule has 0 atom stereocenters. The van der Waals surface area contributed by atoms with Gasteiger partial charge in [0.15, 0.2) is 0 Å². The van der Waals surface area contributed by atoms with E-state index in [2.05, 4.69) is 16.3 Å². The van der Waals surface area contributed by atoms with Crippen molar-refractivity contribution < 1.29 is 4.79 Å². The molecule has 2 rings (SSSR count). The lowest BCUT2D eigenvalue weighted by molar-refractivity contribution is -0.130. The molecule has 0 saturated carbocycles. The first-order valence-corrected chi connectivity index (χ1v) is 7.74. The van der Waals surface area contributed by atoms with Crippen molar-refractivity contribution in [3.05, 3.63) is 42.1 Å². The summed E-state index contributed by atoms with van der Waals surface area (Å²) >= 11 is 0.